The molecular formula is C23H26ClN5O3S2. The van der Waals surface area contributed by atoms with Crippen LogP contribution in [0.1, 0.15) is 54.4 Å². The fraction of sp³-hybridized carbons (Fsp3) is 0.435. The standard InChI is InChI=1S/C23H26ClN5O3S2/c1-22(25,29-20(30)14-6-7-27-19(8-14)34(31,32)16-3-4-16)10-13-11-23(26,12-13)21-28-17-9-15(24)2-5-18(17)33-21/h2,5-9,13,16H,3-4,10-12,25-26H2,1H3,(H,29,30)/t13?,22-,23?/m0/s1. The first-order valence-electron chi connectivity index (χ1n) is 11.1. The minimum atomic E-state index is -3.48. The molecular weight excluding hydrogens is 494 g/mol. The number of fused-ring (bicyclic) bond motifs is 1. The summed E-state index contributed by atoms with van der Waals surface area (Å²) in [7, 11) is -3.48. The maximum Gasteiger partial charge on any atom is 0.252 e. The Labute approximate surface area is 207 Å². The van der Waals surface area contributed by atoms with Gasteiger partial charge in [0.25, 0.3) is 5.91 Å². The van der Waals surface area contributed by atoms with Crippen LogP contribution in [0.2, 0.25) is 5.02 Å². The molecule has 0 aliphatic heterocycles. The molecule has 34 heavy (non-hydrogen) atoms. The second-order valence-electron chi connectivity index (χ2n) is 9.76. The van der Waals surface area contributed by atoms with Gasteiger partial charge in [-0.3, -0.25) is 4.79 Å². The number of nitrogens with zero attached hydrogens (tertiary/aromatic N) is 2. The molecule has 3 aromatic rings. The van der Waals surface area contributed by atoms with E-state index in [9.17, 15) is 13.2 Å². The molecule has 5 N–H and O–H groups in total. The monoisotopic (exact) mass is 519 g/mol. The summed E-state index contributed by atoms with van der Waals surface area (Å²) in [5.74, 6) is -0.208. The molecule has 5 rings (SSSR count). The number of hydrogen-bond donors (Lipinski definition) is 3. The van der Waals surface area contributed by atoms with E-state index in [-0.39, 0.29) is 21.8 Å². The number of carbonyl (C=O) groups is 1. The molecule has 2 heterocycles. The molecule has 2 aliphatic rings. The normalized spacial score (nSPS) is 24.4. The van der Waals surface area contributed by atoms with Gasteiger partial charge in [-0.2, -0.15) is 0 Å². The van der Waals surface area contributed by atoms with Crippen LogP contribution in [0.3, 0.4) is 0 Å². The number of hydrogen-bond acceptors (Lipinski definition) is 8. The summed E-state index contributed by atoms with van der Waals surface area (Å²) in [5.41, 5.74) is 12.6. The Hall–Kier alpha value is -2.11. The second kappa shape index (κ2) is 8.23. The summed E-state index contributed by atoms with van der Waals surface area (Å²) in [5, 5.41) is 3.91. The van der Waals surface area contributed by atoms with Crippen LogP contribution in [0.5, 0.6) is 0 Å². The number of pyridine rings is 1. The van der Waals surface area contributed by atoms with E-state index in [1.54, 1.807) is 18.3 Å². The van der Waals surface area contributed by atoms with Crippen molar-refractivity contribution in [2.24, 2.45) is 17.4 Å². The number of aromatic nitrogens is 2. The van der Waals surface area contributed by atoms with Crippen LogP contribution in [0.25, 0.3) is 10.2 Å². The van der Waals surface area contributed by atoms with Gasteiger partial charge >= 0.3 is 0 Å². The van der Waals surface area contributed by atoms with Gasteiger partial charge < -0.3 is 16.8 Å². The van der Waals surface area contributed by atoms with Gasteiger partial charge in [-0.05, 0) is 75.3 Å². The number of benzene rings is 1. The van der Waals surface area contributed by atoms with Gasteiger partial charge in [0.15, 0.2) is 14.9 Å². The van der Waals surface area contributed by atoms with Crippen molar-refractivity contribution in [3.63, 3.8) is 0 Å². The third-order valence-corrected chi connectivity index (χ3v) is 10.1. The summed E-state index contributed by atoms with van der Waals surface area (Å²) < 4.78 is 26.0. The van der Waals surface area contributed by atoms with Gasteiger partial charge in [0, 0.05) is 16.8 Å². The first-order valence-corrected chi connectivity index (χ1v) is 13.9. The van der Waals surface area contributed by atoms with Crippen LogP contribution in [0.15, 0.2) is 41.6 Å². The van der Waals surface area contributed by atoms with E-state index in [2.05, 4.69) is 15.3 Å². The number of rotatable bonds is 7. The average Bonchev–Trinajstić information content (AvgIpc) is 3.52. The van der Waals surface area contributed by atoms with Crippen molar-refractivity contribution in [2.75, 3.05) is 0 Å². The molecule has 2 fully saturated rings. The van der Waals surface area contributed by atoms with E-state index < -0.39 is 26.9 Å². The van der Waals surface area contributed by atoms with Gasteiger partial charge in [0.2, 0.25) is 0 Å². The summed E-state index contributed by atoms with van der Waals surface area (Å²) in [6, 6.07) is 8.44. The third kappa shape index (κ3) is 4.57. The highest BCUT2D eigenvalue weighted by Gasteiger charge is 2.46. The lowest BCUT2D eigenvalue weighted by molar-refractivity contribution is 0.0809. The minimum absolute atomic E-state index is 0.0644. The molecule has 0 unspecified atom stereocenters. The fourth-order valence-electron chi connectivity index (χ4n) is 4.64. The van der Waals surface area contributed by atoms with Crippen molar-refractivity contribution in [1.82, 2.24) is 15.3 Å². The Kier molecular flexibility index (Phi) is 5.72. The molecule has 2 aromatic heterocycles. The SMILES string of the molecule is C[C@@](N)(CC1CC(N)(c2nc3cc(Cl)ccc3s2)C1)NC(=O)c1ccnc(S(=O)(=O)C2CC2)c1. The van der Waals surface area contributed by atoms with Crippen LogP contribution in [0, 0.1) is 5.92 Å². The molecule has 1 aromatic carbocycles. The van der Waals surface area contributed by atoms with Crippen molar-refractivity contribution in [1.29, 1.82) is 0 Å². The maximum absolute atomic E-state index is 12.8. The van der Waals surface area contributed by atoms with Crippen molar-refractivity contribution >= 4 is 48.9 Å². The molecule has 1 atom stereocenters. The summed E-state index contributed by atoms with van der Waals surface area (Å²) in [4.78, 5) is 21.5. The lowest BCUT2D eigenvalue weighted by Gasteiger charge is -2.46. The molecule has 0 bridgehead atoms. The number of nitrogens with two attached hydrogens (primary N) is 2. The molecule has 0 spiro atoms. The molecule has 2 saturated carbocycles. The highest BCUT2D eigenvalue weighted by Crippen LogP contribution is 2.48. The van der Waals surface area contributed by atoms with Crippen LogP contribution >= 0.6 is 22.9 Å². The van der Waals surface area contributed by atoms with E-state index in [4.69, 9.17) is 23.1 Å². The molecule has 1 amide bonds. The minimum Gasteiger partial charge on any atom is -0.334 e. The fourth-order valence-corrected chi connectivity index (χ4v) is 7.47. The van der Waals surface area contributed by atoms with E-state index in [0.29, 0.717) is 37.1 Å². The zero-order chi connectivity index (χ0) is 24.3. The predicted molar refractivity (Wildman–Crippen MR) is 132 cm³/mol. The first kappa shape index (κ1) is 23.6. The number of halogens is 1. The Bertz CT molecular complexity index is 1380. The quantitative estimate of drug-likeness (QED) is 0.406. The number of carbonyl (C=O) groups excluding carboxylic acids is 1. The molecule has 180 valence electrons. The van der Waals surface area contributed by atoms with Gasteiger partial charge in [-0.1, -0.05) is 11.6 Å². The lowest BCUT2D eigenvalue weighted by atomic mass is 9.66. The topological polar surface area (TPSA) is 141 Å². The molecule has 11 heteroatoms. The first-order chi connectivity index (χ1) is 16.0. The smallest absolute Gasteiger partial charge is 0.252 e. The average molecular weight is 520 g/mol. The van der Waals surface area contributed by atoms with E-state index in [0.717, 1.165) is 15.2 Å². The Morgan fingerprint density at radius 1 is 1.29 bits per heavy atom. The zero-order valence-electron chi connectivity index (χ0n) is 18.6. The number of nitrogens with one attached hydrogen (secondary N) is 1. The summed E-state index contributed by atoms with van der Waals surface area (Å²) in [6.07, 6.45) is 4.57. The lowest BCUT2D eigenvalue weighted by Crippen LogP contribution is -2.58. The van der Waals surface area contributed by atoms with Crippen molar-refractivity contribution in [3.8, 4) is 0 Å². The van der Waals surface area contributed by atoms with Gasteiger partial charge in [-0.25, -0.2) is 18.4 Å². The highest BCUT2D eigenvalue weighted by atomic mass is 35.5. The number of sulfone groups is 1. The molecule has 2 aliphatic carbocycles. The van der Waals surface area contributed by atoms with Gasteiger partial charge in [0.05, 0.1) is 26.7 Å². The van der Waals surface area contributed by atoms with Crippen molar-refractivity contribution in [2.45, 2.75) is 60.5 Å². The van der Waals surface area contributed by atoms with Crippen LogP contribution in [0.4, 0.5) is 0 Å². The van der Waals surface area contributed by atoms with Crippen molar-refractivity contribution < 1.29 is 13.2 Å². The van der Waals surface area contributed by atoms with Crippen LogP contribution < -0.4 is 16.8 Å². The number of amides is 1. The Balaban J connectivity index is 1.22. The molecule has 0 radical (unpaired) electrons. The molecule has 0 saturated heterocycles. The van der Waals surface area contributed by atoms with E-state index in [1.165, 1.54) is 18.3 Å². The van der Waals surface area contributed by atoms with Crippen LogP contribution in [-0.2, 0) is 15.4 Å². The van der Waals surface area contributed by atoms with Gasteiger partial charge in [-0.15, -0.1) is 11.3 Å². The zero-order valence-corrected chi connectivity index (χ0v) is 21.0. The van der Waals surface area contributed by atoms with E-state index in [1.807, 2.05) is 18.2 Å². The summed E-state index contributed by atoms with van der Waals surface area (Å²) >= 11 is 7.65. The largest absolute Gasteiger partial charge is 0.334 e. The van der Waals surface area contributed by atoms with E-state index >= 15 is 0 Å². The predicted octanol–water partition coefficient (Wildman–Crippen LogP) is 3.34. The Morgan fingerprint density at radius 2 is 2.03 bits per heavy atom. The second-order valence-corrected chi connectivity index (χ2v) is 13.4. The highest BCUT2D eigenvalue weighted by molar-refractivity contribution is 7.92. The van der Waals surface area contributed by atoms with Crippen LogP contribution in [-0.4, -0.2) is 35.2 Å². The van der Waals surface area contributed by atoms with Crippen molar-refractivity contribution in [3.05, 3.63) is 52.1 Å². The molecule has 8 nitrogen and oxygen atoms in total. The van der Waals surface area contributed by atoms with Gasteiger partial charge in [0.1, 0.15) is 5.01 Å². The Morgan fingerprint density at radius 3 is 2.74 bits per heavy atom. The number of thiazole rings is 1. The third-order valence-electron chi connectivity index (χ3n) is 6.44. The maximum atomic E-state index is 12.8. The summed E-state index contributed by atoms with van der Waals surface area (Å²) in [6.45, 7) is 1.75.